The van der Waals surface area contributed by atoms with E-state index in [-0.39, 0.29) is 7.43 Å². The molecule has 0 bridgehead atoms. The topological polar surface area (TPSA) is 0 Å². The SMILES string of the molecule is CCCCCCCC.[C]. The van der Waals surface area contributed by atoms with Crippen molar-refractivity contribution < 1.29 is 0 Å². The zero-order valence-electron chi connectivity index (χ0n) is 6.74. The highest BCUT2D eigenvalue weighted by Gasteiger charge is 1.83. The maximum Gasteiger partial charge on any atom is 0 e. The van der Waals surface area contributed by atoms with Crippen LogP contribution in [0.25, 0.3) is 0 Å². The van der Waals surface area contributed by atoms with E-state index >= 15 is 0 Å². The molecule has 0 rings (SSSR count). The lowest BCUT2D eigenvalue weighted by Crippen LogP contribution is -1.73. The molecular weight excluding hydrogens is 108 g/mol. The first-order valence-corrected chi connectivity index (χ1v) is 3.91. The van der Waals surface area contributed by atoms with Crippen LogP contribution in [0.5, 0.6) is 0 Å². The second-order valence-corrected chi connectivity index (χ2v) is 2.41. The van der Waals surface area contributed by atoms with E-state index in [1.165, 1.54) is 38.5 Å². The summed E-state index contributed by atoms with van der Waals surface area (Å²) in [5.74, 6) is 0. The summed E-state index contributed by atoms with van der Waals surface area (Å²) in [4.78, 5) is 0. The molecule has 0 aliphatic heterocycles. The summed E-state index contributed by atoms with van der Waals surface area (Å²) in [6.45, 7) is 4.51. The van der Waals surface area contributed by atoms with Gasteiger partial charge in [0.15, 0.2) is 0 Å². The molecule has 0 aromatic rings. The Bertz CT molecular complexity index is 25.0. The fourth-order valence-electron chi connectivity index (χ4n) is 0.854. The third-order valence-electron chi connectivity index (χ3n) is 1.46. The molecule has 0 aromatic heterocycles. The molecule has 0 heterocycles. The third kappa shape index (κ3) is 11.5. The average molecular weight is 126 g/mol. The Labute approximate surface area is 60.7 Å². The third-order valence-corrected chi connectivity index (χ3v) is 1.46. The number of rotatable bonds is 5. The van der Waals surface area contributed by atoms with Crippen LogP contribution in [0.4, 0.5) is 0 Å². The molecule has 0 fully saturated rings. The van der Waals surface area contributed by atoms with Gasteiger partial charge in [-0.2, -0.15) is 0 Å². The van der Waals surface area contributed by atoms with Gasteiger partial charge in [0.1, 0.15) is 0 Å². The van der Waals surface area contributed by atoms with Crippen molar-refractivity contribution in [2.75, 3.05) is 0 Å². The molecule has 54 valence electrons. The Morgan fingerprint density at radius 3 is 1.22 bits per heavy atom. The molecule has 0 amide bonds. The maximum atomic E-state index is 2.26. The molecule has 0 nitrogen and oxygen atoms in total. The minimum Gasteiger partial charge on any atom is -0.0654 e. The molecule has 0 aliphatic rings. The van der Waals surface area contributed by atoms with Gasteiger partial charge in [-0.15, -0.1) is 0 Å². The summed E-state index contributed by atoms with van der Waals surface area (Å²) in [7, 11) is 0. The molecule has 0 saturated heterocycles. The molecule has 0 atom stereocenters. The highest BCUT2D eigenvalue weighted by molar-refractivity contribution is 4.39. The lowest BCUT2D eigenvalue weighted by molar-refractivity contribution is 0.624. The van der Waals surface area contributed by atoms with E-state index in [0.29, 0.717) is 0 Å². The van der Waals surface area contributed by atoms with Crippen LogP contribution in [-0.2, 0) is 0 Å². The zero-order chi connectivity index (χ0) is 6.24. The molecule has 0 spiro atoms. The second kappa shape index (κ2) is 10.9. The smallest absolute Gasteiger partial charge is 0 e. The summed E-state index contributed by atoms with van der Waals surface area (Å²) in [5.41, 5.74) is 0. The van der Waals surface area contributed by atoms with E-state index in [2.05, 4.69) is 13.8 Å². The van der Waals surface area contributed by atoms with Crippen LogP contribution in [0.2, 0.25) is 0 Å². The average Bonchev–Trinajstić information content (AvgIpc) is 1.81. The normalized spacial score (nSPS) is 8.67. The number of hydrogen-bond donors (Lipinski definition) is 0. The predicted octanol–water partition coefficient (Wildman–Crippen LogP) is 3.45. The molecule has 0 unspecified atom stereocenters. The molecule has 0 saturated carbocycles. The van der Waals surface area contributed by atoms with E-state index in [1.807, 2.05) is 0 Å². The quantitative estimate of drug-likeness (QED) is 0.495. The van der Waals surface area contributed by atoms with Crippen LogP contribution in [0.1, 0.15) is 52.4 Å². The number of unbranched alkanes of at least 4 members (excludes halogenated alkanes) is 5. The van der Waals surface area contributed by atoms with Gasteiger partial charge >= 0.3 is 0 Å². The minimum atomic E-state index is 0. The predicted molar refractivity (Wildman–Crippen MR) is 42.3 cm³/mol. The van der Waals surface area contributed by atoms with Crippen LogP contribution in [0.15, 0.2) is 0 Å². The van der Waals surface area contributed by atoms with Gasteiger partial charge in [0.25, 0.3) is 0 Å². The molecular formula is C9H18. The van der Waals surface area contributed by atoms with Gasteiger partial charge in [0, 0.05) is 7.43 Å². The Hall–Kier alpha value is 0. The van der Waals surface area contributed by atoms with Crippen molar-refractivity contribution in [1.82, 2.24) is 0 Å². The molecule has 4 radical (unpaired) electrons. The fraction of sp³-hybridized carbons (Fsp3) is 0.889. The summed E-state index contributed by atoms with van der Waals surface area (Å²) < 4.78 is 0. The van der Waals surface area contributed by atoms with E-state index in [1.54, 1.807) is 0 Å². The molecule has 0 N–H and O–H groups in total. The van der Waals surface area contributed by atoms with E-state index < -0.39 is 0 Å². The zero-order valence-corrected chi connectivity index (χ0v) is 6.74. The second-order valence-electron chi connectivity index (χ2n) is 2.41. The highest BCUT2D eigenvalue weighted by Crippen LogP contribution is 2.03. The molecule has 0 aromatic carbocycles. The van der Waals surface area contributed by atoms with Gasteiger partial charge in [-0.25, -0.2) is 0 Å². The van der Waals surface area contributed by atoms with Crippen LogP contribution >= 0.6 is 0 Å². The Balaban J connectivity index is 0. The summed E-state index contributed by atoms with van der Waals surface area (Å²) in [6.07, 6.45) is 8.49. The fourth-order valence-corrected chi connectivity index (χ4v) is 0.854. The van der Waals surface area contributed by atoms with Gasteiger partial charge in [0.2, 0.25) is 0 Å². The summed E-state index contributed by atoms with van der Waals surface area (Å²) >= 11 is 0. The van der Waals surface area contributed by atoms with Crippen molar-refractivity contribution in [3.05, 3.63) is 7.43 Å². The number of hydrogen-bond acceptors (Lipinski definition) is 0. The summed E-state index contributed by atoms with van der Waals surface area (Å²) in [6, 6.07) is 0. The first kappa shape index (κ1) is 11.8. The first-order valence-electron chi connectivity index (χ1n) is 3.91. The van der Waals surface area contributed by atoms with Gasteiger partial charge in [-0.1, -0.05) is 52.4 Å². The van der Waals surface area contributed by atoms with Crippen molar-refractivity contribution in [3.63, 3.8) is 0 Å². The van der Waals surface area contributed by atoms with E-state index in [0.717, 1.165) is 0 Å². The van der Waals surface area contributed by atoms with Crippen LogP contribution in [-0.4, -0.2) is 0 Å². The Morgan fingerprint density at radius 2 is 1.00 bits per heavy atom. The van der Waals surface area contributed by atoms with Crippen molar-refractivity contribution in [2.45, 2.75) is 52.4 Å². The lowest BCUT2D eigenvalue weighted by Gasteiger charge is -1.93. The van der Waals surface area contributed by atoms with Crippen molar-refractivity contribution in [3.8, 4) is 0 Å². The maximum absolute atomic E-state index is 2.26. The standard InChI is InChI=1S/C8H18.C/c1-3-5-7-8-6-4-2;/h3-8H2,1-2H3;. The molecule has 0 aliphatic carbocycles. The highest BCUT2D eigenvalue weighted by atomic mass is 13.9. The summed E-state index contributed by atoms with van der Waals surface area (Å²) in [5, 5.41) is 0. The van der Waals surface area contributed by atoms with E-state index in [4.69, 9.17) is 0 Å². The van der Waals surface area contributed by atoms with E-state index in [9.17, 15) is 0 Å². The molecule has 9 heavy (non-hydrogen) atoms. The van der Waals surface area contributed by atoms with Crippen molar-refractivity contribution >= 4 is 0 Å². The largest absolute Gasteiger partial charge is 0.0654 e. The van der Waals surface area contributed by atoms with Crippen LogP contribution < -0.4 is 0 Å². The van der Waals surface area contributed by atoms with Gasteiger partial charge in [0.05, 0.1) is 0 Å². The first-order chi connectivity index (χ1) is 3.91. The Morgan fingerprint density at radius 1 is 0.667 bits per heavy atom. The lowest BCUT2D eigenvalue weighted by atomic mass is 10.1. The van der Waals surface area contributed by atoms with Crippen LogP contribution in [0.3, 0.4) is 0 Å². The minimum absolute atomic E-state index is 0. The molecule has 0 heteroatoms. The Kier molecular flexibility index (Phi) is 14.2. The van der Waals surface area contributed by atoms with Gasteiger partial charge < -0.3 is 0 Å². The van der Waals surface area contributed by atoms with Gasteiger partial charge in [-0.05, 0) is 0 Å². The van der Waals surface area contributed by atoms with Crippen LogP contribution in [0, 0.1) is 7.43 Å². The van der Waals surface area contributed by atoms with Crippen molar-refractivity contribution in [1.29, 1.82) is 0 Å². The monoisotopic (exact) mass is 126 g/mol. The van der Waals surface area contributed by atoms with Gasteiger partial charge in [-0.3, -0.25) is 0 Å². The van der Waals surface area contributed by atoms with Crippen molar-refractivity contribution in [2.24, 2.45) is 0 Å².